The summed E-state index contributed by atoms with van der Waals surface area (Å²) in [5, 5.41) is 6.86. The summed E-state index contributed by atoms with van der Waals surface area (Å²) >= 11 is 2.39. The van der Waals surface area contributed by atoms with Crippen molar-refractivity contribution in [2.24, 2.45) is 7.05 Å². The summed E-state index contributed by atoms with van der Waals surface area (Å²) in [6, 6.07) is 1.73. The van der Waals surface area contributed by atoms with Gasteiger partial charge >= 0.3 is 0 Å². The fourth-order valence-electron chi connectivity index (χ4n) is 1.46. The van der Waals surface area contributed by atoms with Crippen LogP contribution in [-0.4, -0.2) is 26.7 Å². The van der Waals surface area contributed by atoms with Crippen molar-refractivity contribution in [2.45, 2.75) is 25.7 Å². The molecule has 0 aliphatic carbocycles. The van der Waals surface area contributed by atoms with E-state index in [1.807, 2.05) is 0 Å². The molecule has 1 heterocycles. The average molecular weight is 335 g/mol. The van der Waals surface area contributed by atoms with E-state index >= 15 is 0 Å². The van der Waals surface area contributed by atoms with Gasteiger partial charge in [0.15, 0.2) is 0 Å². The van der Waals surface area contributed by atoms with Gasteiger partial charge in [-0.15, -0.1) is 0 Å². The van der Waals surface area contributed by atoms with E-state index in [0.717, 1.165) is 13.0 Å². The Hall–Kier alpha value is -0.590. The van der Waals surface area contributed by atoms with Crippen LogP contribution in [-0.2, 0) is 7.05 Å². The molecule has 16 heavy (non-hydrogen) atoms. The Bertz CT molecular complexity index is 325. The predicted octanol–water partition coefficient (Wildman–Crippen LogP) is 2.15. The van der Waals surface area contributed by atoms with Gasteiger partial charge in [0, 0.05) is 19.8 Å². The van der Waals surface area contributed by atoms with Crippen molar-refractivity contribution in [3.05, 3.63) is 18.0 Å². The Morgan fingerprint density at radius 1 is 1.44 bits per heavy atom. The van der Waals surface area contributed by atoms with Crippen LogP contribution in [0.15, 0.2) is 12.3 Å². The number of aryl methyl sites for hydroxylation is 1. The molecule has 0 unspecified atom stereocenters. The predicted molar refractivity (Wildman–Crippen MR) is 72.9 cm³/mol. The number of unbranched alkanes of at least 4 members (excludes halogenated alkanes) is 3. The lowest BCUT2D eigenvalue weighted by Crippen LogP contribution is -2.26. The molecule has 1 N–H and O–H groups in total. The molecule has 1 rings (SSSR count). The van der Waals surface area contributed by atoms with Crippen molar-refractivity contribution in [3.63, 3.8) is 0 Å². The first-order valence-corrected chi connectivity index (χ1v) is 7.10. The number of nitrogens with one attached hydrogen (secondary N) is 1. The highest BCUT2D eigenvalue weighted by molar-refractivity contribution is 14.1. The zero-order valence-corrected chi connectivity index (χ0v) is 11.7. The number of alkyl halides is 1. The van der Waals surface area contributed by atoms with Crippen molar-refractivity contribution in [1.82, 2.24) is 15.1 Å². The molecule has 0 radical (unpaired) electrons. The van der Waals surface area contributed by atoms with Crippen molar-refractivity contribution < 1.29 is 4.79 Å². The summed E-state index contributed by atoms with van der Waals surface area (Å²) < 4.78 is 2.81. The number of hydrogen-bond donors (Lipinski definition) is 1. The van der Waals surface area contributed by atoms with E-state index in [2.05, 4.69) is 33.0 Å². The number of hydrogen-bond acceptors (Lipinski definition) is 2. The molecular weight excluding hydrogens is 317 g/mol. The van der Waals surface area contributed by atoms with Gasteiger partial charge in [0.05, 0.1) is 0 Å². The van der Waals surface area contributed by atoms with Crippen LogP contribution in [0.25, 0.3) is 0 Å². The standard InChI is InChI=1S/C11H18IN3O/c1-15-10(6-9-14-15)11(16)13-8-5-3-2-4-7-12/h6,9H,2-5,7-8H2,1H3,(H,13,16). The quantitative estimate of drug-likeness (QED) is 0.472. The van der Waals surface area contributed by atoms with E-state index in [0.29, 0.717) is 5.69 Å². The molecule has 1 amide bonds. The normalized spacial score (nSPS) is 10.4. The fraction of sp³-hybridized carbons (Fsp3) is 0.636. The first kappa shape index (κ1) is 13.5. The third-order valence-electron chi connectivity index (χ3n) is 2.40. The molecule has 0 aliphatic heterocycles. The van der Waals surface area contributed by atoms with Crippen molar-refractivity contribution in [1.29, 1.82) is 0 Å². The highest BCUT2D eigenvalue weighted by Gasteiger charge is 2.07. The van der Waals surface area contributed by atoms with Crippen LogP contribution in [0.1, 0.15) is 36.2 Å². The minimum Gasteiger partial charge on any atom is -0.351 e. The van der Waals surface area contributed by atoms with Gasteiger partial charge in [-0.05, 0) is 23.3 Å². The van der Waals surface area contributed by atoms with E-state index in [4.69, 9.17) is 0 Å². The summed E-state index contributed by atoms with van der Waals surface area (Å²) in [5.41, 5.74) is 0.618. The Morgan fingerprint density at radius 2 is 2.19 bits per heavy atom. The summed E-state index contributed by atoms with van der Waals surface area (Å²) in [6.07, 6.45) is 6.41. The molecule has 0 bridgehead atoms. The van der Waals surface area contributed by atoms with Crippen molar-refractivity contribution in [2.75, 3.05) is 11.0 Å². The Labute approximate surface area is 110 Å². The molecule has 90 valence electrons. The number of aromatic nitrogens is 2. The van der Waals surface area contributed by atoms with Crippen LogP contribution in [0.3, 0.4) is 0 Å². The van der Waals surface area contributed by atoms with E-state index in [9.17, 15) is 4.79 Å². The van der Waals surface area contributed by atoms with E-state index < -0.39 is 0 Å². The summed E-state index contributed by atoms with van der Waals surface area (Å²) in [7, 11) is 1.77. The maximum atomic E-state index is 11.6. The summed E-state index contributed by atoms with van der Waals surface area (Å²) in [5.74, 6) is -0.0334. The molecule has 0 atom stereocenters. The van der Waals surface area contributed by atoms with Gasteiger partial charge in [-0.2, -0.15) is 5.10 Å². The molecule has 1 aromatic rings. The number of nitrogens with zero attached hydrogens (tertiary/aromatic N) is 2. The zero-order chi connectivity index (χ0) is 11.8. The lowest BCUT2D eigenvalue weighted by Gasteiger charge is -2.04. The number of rotatable bonds is 7. The van der Waals surface area contributed by atoms with Gasteiger partial charge < -0.3 is 5.32 Å². The highest BCUT2D eigenvalue weighted by atomic mass is 127. The SMILES string of the molecule is Cn1nccc1C(=O)NCCCCCCI. The van der Waals surface area contributed by atoms with Crippen LogP contribution in [0.2, 0.25) is 0 Å². The first-order chi connectivity index (χ1) is 7.75. The van der Waals surface area contributed by atoms with Crippen molar-refractivity contribution >= 4 is 28.5 Å². The van der Waals surface area contributed by atoms with E-state index in [1.54, 1.807) is 24.0 Å². The summed E-state index contributed by atoms with van der Waals surface area (Å²) in [4.78, 5) is 11.6. The van der Waals surface area contributed by atoms with Crippen LogP contribution >= 0.6 is 22.6 Å². The van der Waals surface area contributed by atoms with Gasteiger partial charge in [-0.25, -0.2) is 0 Å². The van der Waals surface area contributed by atoms with Gasteiger partial charge in [-0.1, -0.05) is 35.4 Å². The van der Waals surface area contributed by atoms with Gasteiger partial charge in [0.2, 0.25) is 0 Å². The maximum absolute atomic E-state index is 11.6. The second-order valence-electron chi connectivity index (χ2n) is 3.70. The highest BCUT2D eigenvalue weighted by Crippen LogP contribution is 2.02. The molecule has 0 spiro atoms. The smallest absolute Gasteiger partial charge is 0.269 e. The molecule has 1 aromatic heterocycles. The molecule has 0 aliphatic rings. The minimum absolute atomic E-state index is 0.0334. The van der Waals surface area contributed by atoms with Crippen LogP contribution in [0, 0.1) is 0 Å². The summed E-state index contributed by atoms with van der Waals surface area (Å²) in [6.45, 7) is 0.755. The number of carbonyl (C=O) groups excluding carboxylic acids is 1. The van der Waals surface area contributed by atoms with Crippen molar-refractivity contribution in [3.8, 4) is 0 Å². The lowest BCUT2D eigenvalue weighted by molar-refractivity contribution is 0.0943. The van der Waals surface area contributed by atoms with E-state index in [-0.39, 0.29) is 5.91 Å². The third kappa shape index (κ3) is 4.51. The molecule has 0 fully saturated rings. The Kier molecular flexibility index (Phi) is 6.44. The second-order valence-corrected chi connectivity index (χ2v) is 4.78. The monoisotopic (exact) mass is 335 g/mol. The fourth-order valence-corrected chi connectivity index (χ4v) is 2.00. The van der Waals surface area contributed by atoms with E-state index in [1.165, 1.54) is 23.7 Å². The molecule has 0 aromatic carbocycles. The average Bonchev–Trinajstić information content (AvgIpc) is 2.69. The molecule has 4 nitrogen and oxygen atoms in total. The topological polar surface area (TPSA) is 46.9 Å². The van der Waals surface area contributed by atoms with Crippen LogP contribution in [0.4, 0.5) is 0 Å². The zero-order valence-electron chi connectivity index (χ0n) is 9.58. The minimum atomic E-state index is -0.0334. The molecule has 0 saturated heterocycles. The molecular formula is C11H18IN3O. The second kappa shape index (κ2) is 7.65. The number of amides is 1. The van der Waals surface area contributed by atoms with Gasteiger partial charge in [-0.3, -0.25) is 9.48 Å². The van der Waals surface area contributed by atoms with Crippen LogP contribution in [0.5, 0.6) is 0 Å². The third-order valence-corrected chi connectivity index (χ3v) is 3.16. The number of halogens is 1. The first-order valence-electron chi connectivity index (χ1n) is 5.58. The molecule has 0 saturated carbocycles. The number of carbonyl (C=O) groups is 1. The largest absolute Gasteiger partial charge is 0.351 e. The Balaban J connectivity index is 2.14. The lowest BCUT2D eigenvalue weighted by atomic mass is 10.2. The van der Waals surface area contributed by atoms with Crippen LogP contribution < -0.4 is 5.32 Å². The Morgan fingerprint density at radius 3 is 2.81 bits per heavy atom. The van der Waals surface area contributed by atoms with Gasteiger partial charge in [0.1, 0.15) is 5.69 Å². The maximum Gasteiger partial charge on any atom is 0.269 e. The van der Waals surface area contributed by atoms with Gasteiger partial charge in [0.25, 0.3) is 5.91 Å². The molecule has 5 heteroatoms.